The molecule has 0 aliphatic rings. The van der Waals surface area contributed by atoms with E-state index in [2.05, 4.69) is 10.8 Å². The van der Waals surface area contributed by atoms with Gasteiger partial charge in [-0.2, -0.15) is 0 Å². The van der Waals surface area contributed by atoms with Gasteiger partial charge in [0.05, 0.1) is 6.61 Å². The monoisotopic (exact) mass is 236 g/mol. The van der Waals surface area contributed by atoms with Crippen LogP contribution in [0.15, 0.2) is 30.3 Å². The summed E-state index contributed by atoms with van der Waals surface area (Å²) in [7, 11) is 0. The molecule has 1 aromatic rings. The van der Waals surface area contributed by atoms with E-state index in [1.807, 2.05) is 44.2 Å². The van der Waals surface area contributed by atoms with E-state index in [0.717, 1.165) is 5.56 Å². The highest BCUT2D eigenvalue weighted by Gasteiger charge is 2.01. The molecule has 0 atom stereocenters. The molecule has 2 N–H and O–H groups in total. The Kier molecular flexibility index (Phi) is 6.29. The minimum atomic E-state index is -0.103. The van der Waals surface area contributed by atoms with Crippen molar-refractivity contribution in [3.63, 3.8) is 0 Å². The van der Waals surface area contributed by atoms with E-state index in [1.165, 1.54) is 0 Å². The summed E-state index contributed by atoms with van der Waals surface area (Å²) in [6.07, 6.45) is 0.424. The molecule has 1 rings (SSSR count). The van der Waals surface area contributed by atoms with Crippen molar-refractivity contribution in [2.24, 2.45) is 0 Å². The summed E-state index contributed by atoms with van der Waals surface area (Å²) < 4.78 is 0. The van der Waals surface area contributed by atoms with E-state index in [4.69, 9.17) is 4.84 Å². The third kappa shape index (κ3) is 6.71. The first kappa shape index (κ1) is 13.7. The normalized spacial score (nSPS) is 10.5. The van der Waals surface area contributed by atoms with Crippen LogP contribution in [0.25, 0.3) is 0 Å². The molecule has 0 heterocycles. The van der Waals surface area contributed by atoms with E-state index in [1.54, 1.807) is 0 Å². The number of hydroxylamine groups is 1. The van der Waals surface area contributed by atoms with Crippen LogP contribution in [0.3, 0.4) is 0 Å². The zero-order chi connectivity index (χ0) is 12.5. The Balaban J connectivity index is 2.08. The molecule has 17 heavy (non-hydrogen) atoms. The Morgan fingerprint density at radius 3 is 2.65 bits per heavy atom. The first-order valence-corrected chi connectivity index (χ1v) is 5.86. The Morgan fingerprint density at radius 1 is 1.29 bits per heavy atom. The standard InChI is InChI=1S/C13H20N2O2/c1-11(2)14-9-8-13(16)15-17-10-12-6-4-3-5-7-12/h3-7,11,14H,8-10H2,1-2H3,(H,15,16). The minimum Gasteiger partial charge on any atom is -0.314 e. The number of benzene rings is 1. The lowest BCUT2D eigenvalue weighted by Gasteiger charge is -2.08. The Bertz CT molecular complexity index is 325. The lowest BCUT2D eigenvalue weighted by atomic mass is 10.2. The van der Waals surface area contributed by atoms with Crippen molar-refractivity contribution in [2.75, 3.05) is 6.54 Å². The molecule has 0 saturated carbocycles. The summed E-state index contributed by atoms with van der Waals surface area (Å²) in [5.74, 6) is -0.103. The number of nitrogens with one attached hydrogen (secondary N) is 2. The molecule has 1 aromatic carbocycles. The van der Waals surface area contributed by atoms with Gasteiger partial charge in [0, 0.05) is 19.0 Å². The molecule has 0 aliphatic carbocycles. The molecule has 0 aromatic heterocycles. The van der Waals surface area contributed by atoms with Gasteiger partial charge >= 0.3 is 0 Å². The molecule has 0 spiro atoms. The summed E-state index contributed by atoms with van der Waals surface area (Å²) in [6.45, 7) is 5.15. The van der Waals surface area contributed by atoms with Gasteiger partial charge in [0.15, 0.2) is 0 Å². The highest BCUT2D eigenvalue weighted by Crippen LogP contribution is 1.98. The lowest BCUT2D eigenvalue weighted by molar-refractivity contribution is -0.134. The van der Waals surface area contributed by atoms with Gasteiger partial charge in [0.1, 0.15) is 0 Å². The second kappa shape index (κ2) is 7.81. The summed E-state index contributed by atoms with van der Waals surface area (Å²) in [6, 6.07) is 10.1. The van der Waals surface area contributed by atoms with Gasteiger partial charge in [-0.1, -0.05) is 44.2 Å². The first-order chi connectivity index (χ1) is 8.18. The van der Waals surface area contributed by atoms with Crippen LogP contribution < -0.4 is 10.8 Å². The molecule has 0 unspecified atom stereocenters. The quantitative estimate of drug-likeness (QED) is 0.707. The number of hydrogen-bond donors (Lipinski definition) is 2. The zero-order valence-corrected chi connectivity index (χ0v) is 10.4. The van der Waals surface area contributed by atoms with Crippen LogP contribution in [-0.2, 0) is 16.2 Å². The van der Waals surface area contributed by atoms with Crippen molar-refractivity contribution >= 4 is 5.91 Å². The Labute approximate surface area is 102 Å². The van der Waals surface area contributed by atoms with E-state index >= 15 is 0 Å². The van der Waals surface area contributed by atoms with Crippen molar-refractivity contribution < 1.29 is 9.63 Å². The SMILES string of the molecule is CC(C)NCCC(=O)NOCc1ccccc1. The second-order valence-electron chi connectivity index (χ2n) is 4.16. The van der Waals surface area contributed by atoms with Gasteiger partial charge in [-0.3, -0.25) is 9.63 Å². The zero-order valence-electron chi connectivity index (χ0n) is 10.4. The van der Waals surface area contributed by atoms with Crippen LogP contribution in [-0.4, -0.2) is 18.5 Å². The molecule has 0 saturated heterocycles. The van der Waals surface area contributed by atoms with Crippen LogP contribution >= 0.6 is 0 Å². The summed E-state index contributed by atoms with van der Waals surface area (Å²) in [5, 5.41) is 3.17. The highest BCUT2D eigenvalue weighted by molar-refractivity contribution is 5.74. The molecular formula is C13H20N2O2. The molecule has 0 bridgehead atoms. The predicted octanol–water partition coefficient (Wildman–Crippen LogP) is 1.62. The van der Waals surface area contributed by atoms with E-state index in [0.29, 0.717) is 25.6 Å². The molecule has 0 fully saturated rings. The summed E-state index contributed by atoms with van der Waals surface area (Å²) >= 11 is 0. The largest absolute Gasteiger partial charge is 0.314 e. The van der Waals surface area contributed by atoms with Crippen molar-refractivity contribution in [3.8, 4) is 0 Å². The van der Waals surface area contributed by atoms with Crippen molar-refractivity contribution in [2.45, 2.75) is 32.9 Å². The van der Waals surface area contributed by atoms with Crippen LogP contribution in [0.1, 0.15) is 25.8 Å². The fourth-order valence-corrected chi connectivity index (χ4v) is 1.30. The maximum absolute atomic E-state index is 11.3. The van der Waals surface area contributed by atoms with Crippen LogP contribution in [0, 0.1) is 0 Å². The summed E-state index contributed by atoms with van der Waals surface area (Å²) in [4.78, 5) is 16.5. The molecule has 1 amide bonds. The maximum atomic E-state index is 11.3. The third-order valence-corrected chi connectivity index (χ3v) is 2.17. The summed E-state index contributed by atoms with van der Waals surface area (Å²) in [5.41, 5.74) is 3.46. The lowest BCUT2D eigenvalue weighted by Crippen LogP contribution is -2.30. The molecule has 0 aliphatic heterocycles. The van der Waals surface area contributed by atoms with E-state index in [9.17, 15) is 4.79 Å². The van der Waals surface area contributed by atoms with Crippen molar-refractivity contribution in [1.82, 2.24) is 10.8 Å². The van der Waals surface area contributed by atoms with Gasteiger partial charge in [0.25, 0.3) is 0 Å². The number of carbonyl (C=O) groups is 1. The third-order valence-electron chi connectivity index (χ3n) is 2.17. The van der Waals surface area contributed by atoms with Crippen LogP contribution in [0.2, 0.25) is 0 Å². The molecular weight excluding hydrogens is 216 g/mol. The topological polar surface area (TPSA) is 50.4 Å². The van der Waals surface area contributed by atoms with Gasteiger partial charge < -0.3 is 5.32 Å². The Morgan fingerprint density at radius 2 is 2.00 bits per heavy atom. The van der Waals surface area contributed by atoms with Crippen molar-refractivity contribution in [1.29, 1.82) is 0 Å². The van der Waals surface area contributed by atoms with E-state index in [-0.39, 0.29) is 5.91 Å². The average molecular weight is 236 g/mol. The highest BCUT2D eigenvalue weighted by atomic mass is 16.6. The fourth-order valence-electron chi connectivity index (χ4n) is 1.30. The van der Waals surface area contributed by atoms with Crippen molar-refractivity contribution in [3.05, 3.63) is 35.9 Å². The molecule has 4 nitrogen and oxygen atoms in total. The smallest absolute Gasteiger partial charge is 0.244 e. The number of amides is 1. The molecule has 94 valence electrons. The number of rotatable bonds is 7. The number of hydrogen-bond acceptors (Lipinski definition) is 3. The van der Waals surface area contributed by atoms with Gasteiger partial charge in [0.2, 0.25) is 5.91 Å². The maximum Gasteiger partial charge on any atom is 0.244 e. The number of carbonyl (C=O) groups excluding carboxylic acids is 1. The first-order valence-electron chi connectivity index (χ1n) is 5.86. The van der Waals surface area contributed by atoms with Gasteiger partial charge in [-0.05, 0) is 5.56 Å². The second-order valence-corrected chi connectivity index (χ2v) is 4.16. The fraction of sp³-hybridized carbons (Fsp3) is 0.462. The van der Waals surface area contributed by atoms with Gasteiger partial charge in [-0.25, -0.2) is 5.48 Å². The van der Waals surface area contributed by atoms with Crippen LogP contribution in [0.5, 0.6) is 0 Å². The minimum absolute atomic E-state index is 0.103. The molecule has 0 radical (unpaired) electrons. The van der Waals surface area contributed by atoms with E-state index < -0.39 is 0 Å². The average Bonchev–Trinajstić information content (AvgIpc) is 2.30. The molecule has 4 heteroatoms. The van der Waals surface area contributed by atoms with Gasteiger partial charge in [-0.15, -0.1) is 0 Å². The van der Waals surface area contributed by atoms with Crippen LogP contribution in [0.4, 0.5) is 0 Å². The Hall–Kier alpha value is -1.39. The predicted molar refractivity (Wildman–Crippen MR) is 67.1 cm³/mol.